The zero-order valence-corrected chi connectivity index (χ0v) is 13.6. The molecule has 0 aromatic heterocycles. The summed E-state index contributed by atoms with van der Waals surface area (Å²) in [4.78, 5) is 25.5. The molecule has 23 heavy (non-hydrogen) atoms. The maximum absolute atomic E-state index is 12.6. The minimum absolute atomic E-state index is 0.0159. The number of halogens is 1. The molecule has 3 N–H and O–H groups in total. The molecule has 1 aromatic rings. The molecule has 0 radical (unpaired) electrons. The van der Waals surface area contributed by atoms with Crippen LogP contribution in [0, 0.1) is 11.8 Å². The van der Waals surface area contributed by atoms with Gasteiger partial charge in [-0.1, -0.05) is 30.7 Å². The fourth-order valence-electron chi connectivity index (χ4n) is 3.32. The standard InChI is InChI=1S/C16H20ClN3O3/c1-9-7-20(8-12(9)16(22)23)15(21)14-6-13(18-19-14)10-2-4-11(17)5-3-10/h2-5,9,12-14,18-19H,6-8H2,1H3,(H,22,23)/t9-,12-,13?,14?/m1/s1. The van der Waals surface area contributed by atoms with Crippen molar-refractivity contribution in [3.05, 3.63) is 34.9 Å². The van der Waals surface area contributed by atoms with Gasteiger partial charge in [0.05, 0.1) is 5.92 Å². The van der Waals surface area contributed by atoms with Gasteiger partial charge in [0.2, 0.25) is 5.91 Å². The third-order valence-corrected chi connectivity index (χ3v) is 4.97. The van der Waals surface area contributed by atoms with Crippen molar-refractivity contribution in [3.8, 4) is 0 Å². The SMILES string of the molecule is C[C@@H]1CN(C(=O)C2CC(c3ccc(Cl)cc3)NN2)C[C@H]1C(=O)O. The average Bonchev–Trinajstić information content (AvgIpc) is 3.14. The number of nitrogens with one attached hydrogen (secondary N) is 2. The van der Waals surface area contributed by atoms with Gasteiger partial charge in [0, 0.05) is 24.2 Å². The van der Waals surface area contributed by atoms with Crippen molar-refractivity contribution < 1.29 is 14.7 Å². The molecule has 2 aliphatic rings. The van der Waals surface area contributed by atoms with Crippen molar-refractivity contribution in [3.63, 3.8) is 0 Å². The number of nitrogens with zero attached hydrogens (tertiary/aromatic N) is 1. The van der Waals surface area contributed by atoms with Crippen LogP contribution in [0.2, 0.25) is 5.02 Å². The molecular formula is C16H20ClN3O3. The predicted octanol–water partition coefficient (Wildman–Crippen LogP) is 1.43. The molecular weight excluding hydrogens is 318 g/mol. The molecule has 0 bridgehead atoms. The van der Waals surface area contributed by atoms with Crippen LogP contribution in [0.25, 0.3) is 0 Å². The lowest BCUT2D eigenvalue weighted by Gasteiger charge is -2.20. The number of likely N-dealkylation sites (tertiary alicyclic amines) is 1. The number of carbonyl (C=O) groups is 2. The molecule has 3 rings (SSSR count). The second-order valence-electron chi connectivity index (χ2n) is 6.35. The lowest BCUT2D eigenvalue weighted by molar-refractivity contribution is -0.142. The first kappa shape index (κ1) is 16.2. The van der Waals surface area contributed by atoms with Crippen molar-refractivity contribution >= 4 is 23.5 Å². The van der Waals surface area contributed by atoms with Crippen molar-refractivity contribution in [2.45, 2.75) is 25.4 Å². The second-order valence-corrected chi connectivity index (χ2v) is 6.78. The van der Waals surface area contributed by atoms with Crippen LogP contribution in [0.1, 0.15) is 24.9 Å². The van der Waals surface area contributed by atoms with Crippen LogP contribution < -0.4 is 10.9 Å². The Morgan fingerprint density at radius 2 is 1.91 bits per heavy atom. The third kappa shape index (κ3) is 3.34. The molecule has 2 unspecified atom stereocenters. The Balaban J connectivity index is 1.62. The van der Waals surface area contributed by atoms with Crippen LogP contribution in [0.15, 0.2) is 24.3 Å². The molecule has 0 spiro atoms. The fraction of sp³-hybridized carbons (Fsp3) is 0.500. The van der Waals surface area contributed by atoms with E-state index >= 15 is 0 Å². The lowest BCUT2D eigenvalue weighted by Crippen LogP contribution is -2.45. The number of benzene rings is 1. The van der Waals surface area contributed by atoms with Crippen molar-refractivity contribution in [1.82, 2.24) is 15.8 Å². The van der Waals surface area contributed by atoms with Crippen molar-refractivity contribution in [2.75, 3.05) is 13.1 Å². The smallest absolute Gasteiger partial charge is 0.308 e. The highest BCUT2D eigenvalue weighted by atomic mass is 35.5. The summed E-state index contributed by atoms with van der Waals surface area (Å²) in [5, 5.41) is 9.86. The number of hydrogen-bond acceptors (Lipinski definition) is 4. The Morgan fingerprint density at radius 1 is 1.22 bits per heavy atom. The van der Waals surface area contributed by atoms with E-state index in [-0.39, 0.29) is 23.9 Å². The van der Waals surface area contributed by atoms with Crippen molar-refractivity contribution in [2.24, 2.45) is 11.8 Å². The first-order chi connectivity index (χ1) is 11.0. The Morgan fingerprint density at radius 3 is 2.52 bits per heavy atom. The van der Waals surface area contributed by atoms with Gasteiger partial charge in [-0.05, 0) is 30.0 Å². The number of carbonyl (C=O) groups excluding carboxylic acids is 1. The summed E-state index contributed by atoms with van der Waals surface area (Å²) in [5.41, 5.74) is 7.23. The second kappa shape index (κ2) is 6.47. The summed E-state index contributed by atoms with van der Waals surface area (Å²) in [5.74, 6) is -1.35. The van der Waals surface area contributed by atoms with E-state index < -0.39 is 11.9 Å². The molecule has 7 heteroatoms. The van der Waals surface area contributed by atoms with Crippen LogP contribution in [0.5, 0.6) is 0 Å². The zero-order valence-electron chi connectivity index (χ0n) is 12.8. The van der Waals surface area contributed by atoms with Crippen LogP contribution in [-0.2, 0) is 9.59 Å². The maximum Gasteiger partial charge on any atom is 0.308 e. The van der Waals surface area contributed by atoms with E-state index in [0.717, 1.165) is 5.56 Å². The minimum Gasteiger partial charge on any atom is -0.481 e. The molecule has 1 amide bonds. The van der Waals surface area contributed by atoms with E-state index in [1.54, 1.807) is 4.90 Å². The number of amides is 1. The van der Waals surface area contributed by atoms with Crippen LogP contribution in [0.4, 0.5) is 0 Å². The highest BCUT2D eigenvalue weighted by molar-refractivity contribution is 6.30. The Bertz CT molecular complexity index is 607. The van der Waals surface area contributed by atoms with E-state index in [0.29, 0.717) is 24.5 Å². The molecule has 0 saturated carbocycles. The van der Waals surface area contributed by atoms with Crippen LogP contribution >= 0.6 is 11.6 Å². The lowest BCUT2D eigenvalue weighted by atomic mass is 9.99. The topological polar surface area (TPSA) is 81.7 Å². The van der Waals surface area contributed by atoms with Gasteiger partial charge in [-0.25, -0.2) is 10.9 Å². The monoisotopic (exact) mass is 337 g/mol. The largest absolute Gasteiger partial charge is 0.481 e. The minimum atomic E-state index is -0.829. The van der Waals surface area contributed by atoms with Crippen molar-refractivity contribution in [1.29, 1.82) is 0 Å². The normalized spacial score (nSPS) is 30.6. The summed E-state index contributed by atoms with van der Waals surface area (Å²) in [7, 11) is 0. The predicted molar refractivity (Wildman–Crippen MR) is 85.7 cm³/mol. The van der Waals surface area contributed by atoms with Gasteiger partial charge < -0.3 is 10.0 Å². The van der Waals surface area contributed by atoms with Gasteiger partial charge in [0.15, 0.2) is 0 Å². The molecule has 4 atom stereocenters. The summed E-state index contributed by atoms with van der Waals surface area (Å²) >= 11 is 5.89. The Kier molecular flexibility index (Phi) is 4.57. The molecule has 2 heterocycles. The molecule has 2 fully saturated rings. The number of hydrogen-bond donors (Lipinski definition) is 3. The van der Waals surface area contributed by atoms with Crippen LogP contribution in [0.3, 0.4) is 0 Å². The summed E-state index contributed by atoms with van der Waals surface area (Å²) < 4.78 is 0. The van der Waals surface area contributed by atoms with E-state index in [2.05, 4.69) is 10.9 Å². The first-order valence-corrected chi connectivity index (χ1v) is 8.11. The van der Waals surface area contributed by atoms with Gasteiger partial charge in [0.1, 0.15) is 6.04 Å². The number of hydrazine groups is 1. The van der Waals surface area contributed by atoms with E-state index in [4.69, 9.17) is 11.6 Å². The quantitative estimate of drug-likeness (QED) is 0.777. The molecule has 2 saturated heterocycles. The van der Waals surface area contributed by atoms with Gasteiger partial charge >= 0.3 is 5.97 Å². The zero-order chi connectivity index (χ0) is 16.6. The molecule has 0 aliphatic carbocycles. The van der Waals surface area contributed by atoms with Gasteiger partial charge in [-0.2, -0.15) is 0 Å². The summed E-state index contributed by atoms with van der Waals surface area (Å²) in [6.07, 6.45) is 0.628. The number of carboxylic acids is 1. The number of aliphatic carboxylic acids is 1. The number of carboxylic acid groups (broad SMARTS) is 1. The third-order valence-electron chi connectivity index (χ3n) is 4.71. The van der Waals surface area contributed by atoms with Crippen LogP contribution in [-0.4, -0.2) is 41.0 Å². The Hall–Kier alpha value is -1.63. The molecule has 124 valence electrons. The van der Waals surface area contributed by atoms with Gasteiger partial charge in [-0.15, -0.1) is 0 Å². The van der Waals surface area contributed by atoms with E-state index in [1.165, 1.54) is 0 Å². The maximum atomic E-state index is 12.6. The summed E-state index contributed by atoms with van der Waals surface area (Å²) in [6.45, 7) is 2.67. The molecule has 1 aromatic carbocycles. The molecule has 6 nitrogen and oxygen atoms in total. The number of rotatable bonds is 3. The van der Waals surface area contributed by atoms with Gasteiger partial charge in [-0.3, -0.25) is 9.59 Å². The van der Waals surface area contributed by atoms with Gasteiger partial charge in [0.25, 0.3) is 0 Å². The fourth-order valence-corrected chi connectivity index (χ4v) is 3.45. The van der Waals surface area contributed by atoms with E-state index in [9.17, 15) is 14.7 Å². The Labute approximate surface area is 139 Å². The van der Waals surface area contributed by atoms with E-state index in [1.807, 2.05) is 31.2 Å². The average molecular weight is 338 g/mol. The highest BCUT2D eigenvalue weighted by Gasteiger charge is 2.40. The first-order valence-electron chi connectivity index (χ1n) is 7.74. The highest BCUT2D eigenvalue weighted by Crippen LogP contribution is 2.28. The summed E-state index contributed by atoms with van der Waals surface area (Å²) in [6, 6.07) is 7.23. The molecule has 2 aliphatic heterocycles.